The van der Waals surface area contributed by atoms with Gasteiger partial charge in [-0.15, -0.1) is 5.10 Å². The Bertz CT molecular complexity index is 732. The first-order valence-corrected chi connectivity index (χ1v) is 7.70. The van der Waals surface area contributed by atoms with E-state index in [9.17, 15) is 14.9 Å². The van der Waals surface area contributed by atoms with Crippen LogP contribution in [0.5, 0.6) is 5.75 Å². The van der Waals surface area contributed by atoms with Crippen LogP contribution in [0.2, 0.25) is 6.32 Å². The lowest BCUT2D eigenvalue weighted by molar-refractivity contribution is 0.0693. The van der Waals surface area contributed by atoms with Crippen molar-refractivity contribution in [3.8, 4) is 5.75 Å². The van der Waals surface area contributed by atoms with Crippen molar-refractivity contribution in [2.75, 3.05) is 0 Å². The van der Waals surface area contributed by atoms with Crippen molar-refractivity contribution >= 4 is 13.1 Å². The highest BCUT2D eigenvalue weighted by atomic mass is 16.5. The van der Waals surface area contributed by atoms with Crippen LogP contribution in [0, 0.1) is 0 Å². The standard InChI is InChI=1S/C15H18BN3O4/c1-2-3-12-9-19(18-17-12)8-11-5-4-10-6-7-16(22)23-14(10)13(11)15(20)21/h4-5,9,22H,2-3,6-8H2,1H3,(H,20,21). The summed E-state index contributed by atoms with van der Waals surface area (Å²) in [6, 6.07) is 3.64. The Morgan fingerprint density at radius 1 is 1.48 bits per heavy atom. The van der Waals surface area contributed by atoms with Crippen molar-refractivity contribution in [3.63, 3.8) is 0 Å². The van der Waals surface area contributed by atoms with Gasteiger partial charge in [0.2, 0.25) is 0 Å². The van der Waals surface area contributed by atoms with Crippen molar-refractivity contribution in [1.29, 1.82) is 0 Å². The van der Waals surface area contributed by atoms with Crippen LogP contribution in [0.4, 0.5) is 0 Å². The second-order valence-electron chi connectivity index (χ2n) is 5.66. The van der Waals surface area contributed by atoms with Crippen LogP contribution in [-0.4, -0.2) is 38.2 Å². The fourth-order valence-electron chi connectivity index (χ4n) is 2.80. The second-order valence-corrected chi connectivity index (χ2v) is 5.66. The predicted molar refractivity (Wildman–Crippen MR) is 83.6 cm³/mol. The van der Waals surface area contributed by atoms with E-state index in [0.717, 1.165) is 24.1 Å². The number of carboxylic acid groups (broad SMARTS) is 1. The van der Waals surface area contributed by atoms with Crippen LogP contribution in [0.1, 0.15) is 40.5 Å². The van der Waals surface area contributed by atoms with Gasteiger partial charge in [-0.05, 0) is 30.3 Å². The van der Waals surface area contributed by atoms with E-state index in [-0.39, 0.29) is 11.3 Å². The first kappa shape index (κ1) is 15.5. The summed E-state index contributed by atoms with van der Waals surface area (Å²) in [5.41, 5.74) is 2.36. The Morgan fingerprint density at radius 2 is 2.30 bits per heavy atom. The maximum absolute atomic E-state index is 11.7. The van der Waals surface area contributed by atoms with E-state index in [1.54, 1.807) is 10.7 Å². The predicted octanol–water partition coefficient (Wildman–Crippen LogP) is 1.39. The number of aryl methyl sites for hydroxylation is 2. The molecule has 120 valence electrons. The van der Waals surface area contributed by atoms with Gasteiger partial charge in [-0.3, -0.25) is 0 Å². The van der Waals surface area contributed by atoms with Gasteiger partial charge in [-0.2, -0.15) is 0 Å². The number of carboxylic acids is 1. The molecule has 2 heterocycles. The van der Waals surface area contributed by atoms with E-state index in [4.69, 9.17) is 4.65 Å². The average Bonchev–Trinajstić information content (AvgIpc) is 2.94. The molecule has 1 aromatic carbocycles. The molecule has 7 nitrogen and oxygen atoms in total. The molecule has 3 rings (SSSR count). The number of hydrogen-bond acceptors (Lipinski definition) is 5. The fourth-order valence-corrected chi connectivity index (χ4v) is 2.80. The summed E-state index contributed by atoms with van der Waals surface area (Å²) in [7, 11) is -0.960. The van der Waals surface area contributed by atoms with Crippen LogP contribution in [0.3, 0.4) is 0 Å². The lowest BCUT2D eigenvalue weighted by Gasteiger charge is -2.23. The zero-order valence-electron chi connectivity index (χ0n) is 12.9. The van der Waals surface area contributed by atoms with Gasteiger partial charge in [0.05, 0.1) is 12.2 Å². The van der Waals surface area contributed by atoms with Crippen molar-refractivity contribution in [1.82, 2.24) is 15.0 Å². The molecule has 8 heteroatoms. The second kappa shape index (κ2) is 6.41. The van der Waals surface area contributed by atoms with E-state index in [1.165, 1.54) is 0 Å². The lowest BCUT2D eigenvalue weighted by Crippen LogP contribution is -2.28. The maximum atomic E-state index is 11.7. The van der Waals surface area contributed by atoms with Gasteiger partial charge in [-0.1, -0.05) is 30.7 Å². The summed E-state index contributed by atoms with van der Waals surface area (Å²) in [6.07, 6.45) is 4.70. The summed E-state index contributed by atoms with van der Waals surface area (Å²) >= 11 is 0. The minimum atomic E-state index is -1.07. The maximum Gasteiger partial charge on any atom is 0.522 e. The highest BCUT2D eigenvalue weighted by Gasteiger charge is 2.29. The molecule has 0 bridgehead atoms. The van der Waals surface area contributed by atoms with Crippen LogP contribution in [-0.2, 0) is 19.4 Å². The van der Waals surface area contributed by atoms with Crippen LogP contribution >= 0.6 is 0 Å². The van der Waals surface area contributed by atoms with E-state index in [1.807, 2.05) is 12.3 Å². The number of nitrogens with zero attached hydrogens (tertiary/aromatic N) is 3. The molecule has 0 spiro atoms. The molecule has 0 atom stereocenters. The number of hydrogen-bond donors (Lipinski definition) is 2. The van der Waals surface area contributed by atoms with Gasteiger partial charge >= 0.3 is 13.1 Å². The fraction of sp³-hybridized carbons (Fsp3) is 0.400. The van der Waals surface area contributed by atoms with Crippen LogP contribution in [0.15, 0.2) is 18.3 Å². The average molecular weight is 315 g/mol. The molecule has 2 aromatic rings. The molecule has 0 aliphatic carbocycles. The monoisotopic (exact) mass is 315 g/mol. The van der Waals surface area contributed by atoms with Crippen LogP contribution < -0.4 is 4.65 Å². The van der Waals surface area contributed by atoms with Gasteiger partial charge < -0.3 is 14.8 Å². The minimum absolute atomic E-state index is 0.0915. The first-order chi connectivity index (χ1) is 11.1. The Balaban J connectivity index is 1.95. The van der Waals surface area contributed by atoms with Crippen molar-refractivity contribution < 1.29 is 19.6 Å². The molecule has 2 N–H and O–H groups in total. The van der Waals surface area contributed by atoms with Gasteiger partial charge in [0.1, 0.15) is 11.3 Å². The minimum Gasteiger partial charge on any atom is -0.535 e. The largest absolute Gasteiger partial charge is 0.535 e. The summed E-state index contributed by atoms with van der Waals surface area (Å²) < 4.78 is 7.00. The highest BCUT2D eigenvalue weighted by Crippen LogP contribution is 2.33. The highest BCUT2D eigenvalue weighted by molar-refractivity contribution is 6.44. The molecular formula is C15H18BN3O4. The Labute approximate surface area is 134 Å². The molecule has 0 fully saturated rings. The summed E-state index contributed by atoms with van der Waals surface area (Å²) in [5.74, 6) is -0.803. The molecular weight excluding hydrogens is 297 g/mol. The molecule has 0 radical (unpaired) electrons. The number of aromatic nitrogens is 3. The summed E-state index contributed by atoms with van der Waals surface area (Å²) in [4.78, 5) is 11.7. The number of benzene rings is 1. The topological polar surface area (TPSA) is 97.5 Å². The third-order valence-electron chi connectivity index (χ3n) is 3.88. The molecule has 0 saturated heterocycles. The zero-order valence-corrected chi connectivity index (χ0v) is 12.9. The number of fused-ring (bicyclic) bond motifs is 1. The first-order valence-electron chi connectivity index (χ1n) is 7.70. The zero-order chi connectivity index (χ0) is 16.4. The SMILES string of the molecule is CCCc1cn(Cc2ccc3c(c2C(=O)O)OB(O)CC3)nn1. The van der Waals surface area contributed by atoms with E-state index in [0.29, 0.717) is 24.8 Å². The third kappa shape index (κ3) is 3.21. The molecule has 1 aromatic heterocycles. The molecule has 23 heavy (non-hydrogen) atoms. The number of aromatic carboxylic acids is 1. The van der Waals surface area contributed by atoms with E-state index >= 15 is 0 Å². The normalized spacial score (nSPS) is 13.6. The lowest BCUT2D eigenvalue weighted by atomic mass is 9.78. The Morgan fingerprint density at radius 3 is 3.04 bits per heavy atom. The van der Waals surface area contributed by atoms with E-state index < -0.39 is 13.1 Å². The summed E-state index contributed by atoms with van der Waals surface area (Å²) in [6.45, 7) is 2.36. The van der Waals surface area contributed by atoms with Gasteiger partial charge in [0, 0.05) is 6.20 Å². The van der Waals surface area contributed by atoms with Crippen molar-refractivity contribution in [2.24, 2.45) is 0 Å². The number of rotatable bonds is 5. The third-order valence-corrected chi connectivity index (χ3v) is 3.88. The van der Waals surface area contributed by atoms with Crippen LogP contribution in [0.25, 0.3) is 0 Å². The molecule has 0 saturated carbocycles. The number of carbonyl (C=O) groups is 1. The summed E-state index contributed by atoms with van der Waals surface area (Å²) in [5, 5.41) is 27.3. The van der Waals surface area contributed by atoms with Crippen molar-refractivity contribution in [3.05, 3.63) is 40.7 Å². The molecule has 1 aliphatic heterocycles. The van der Waals surface area contributed by atoms with E-state index in [2.05, 4.69) is 17.2 Å². The molecule has 0 amide bonds. The Kier molecular flexibility index (Phi) is 4.34. The van der Waals surface area contributed by atoms with Gasteiger partial charge in [0.25, 0.3) is 0 Å². The van der Waals surface area contributed by atoms with Gasteiger partial charge in [-0.25, -0.2) is 9.48 Å². The molecule has 1 aliphatic rings. The Hall–Kier alpha value is -2.35. The van der Waals surface area contributed by atoms with Gasteiger partial charge in [0.15, 0.2) is 0 Å². The smallest absolute Gasteiger partial charge is 0.522 e. The quantitative estimate of drug-likeness (QED) is 0.809. The van der Waals surface area contributed by atoms with Crippen molar-refractivity contribution in [2.45, 2.75) is 39.1 Å². The molecule has 0 unspecified atom stereocenters.